The largest absolute Gasteiger partial charge is 0.466 e. The molecule has 0 aromatic heterocycles. The number of methoxy groups -OCH3 is 1. The molecule has 9 heteroatoms. The second-order valence-electron chi connectivity index (χ2n) is 7.88. The predicted molar refractivity (Wildman–Crippen MR) is 115 cm³/mol. The van der Waals surface area contributed by atoms with Crippen LogP contribution in [0.3, 0.4) is 0 Å². The molecule has 0 aromatic rings. The first-order valence-electron chi connectivity index (χ1n) is 9.98. The van der Waals surface area contributed by atoms with Gasteiger partial charge in [0.05, 0.1) is 37.9 Å². The van der Waals surface area contributed by atoms with Crippen molar-refractivity contribution in [3.05, 3.63) is 48.6 Å². The number of rotatable bonds is 10. The van der Waals surface area contributed by atoms with Crippen molar-refractivity contribution >= 4 is 17.9 Å². The number of ether oxygens (including phenoxy) is 3. The van der Waals surface area contributed by atoms with Crippen LogP contribution in [0.25, 0.3) is 0 Å². The van der Waals surface area contributed by atoms with Crippen LogP contribution >= 0.6 is 0 Å². The number of carbonyl (C=O) groups excluding carboxylic acids is 3. The molecule has 1 aliphatic rings. The Morgan fingerprint density at radius 3 is 2.25 bits per heavy atom. The fourth-order valence-corrected chi connectivity index (χ4v) is 4.02. The van der Waals surface area contributed by atoms with E-state index < -0.39 is 60.6 Å². The van der Waals surface area contributed by atoms with E-state index in [1.165, 1.54) is 13.0 Å². The van der Waals surface area contributed by atoms with Crippen molar-refractivity contribution in [2.24, 2.45) is 17.3 Å². The summed E-state index contributed by atoms with van der Waals surface area (Å²) in [4.78, 5) is 35.8. The van der Waals surface area contributed by atoms with E-state index in [1.807, 2.05) is 0 Å². The zero-order valence-corrected chi connectivity index (χ0v) is 18.7. The lowest BCUT2D eigenvalue weighted by Crippen LogP contribution is -2.54. The third-order valence-electron chi connectivity index (χ3n) is 5.73. The summed E-state index contributed by atoms with van der Waals surface area (Å²) in [5.41, 5.74) is -0.804. The second-order valence-corrected chi connectivity index (χ2v) is 7.88. The highest BCUT2D eigenvalue weighted by Crippen LogP contribution is 2.50. The van der Waals surface area contributed by atoms with Crippen molar-refractivity contribution in [1.29, 1.82) is 0 Å². The van der Waals surface area contributed by atoms with E-state index in [2.05, 4.69) is 19.7 Å². The molecule has 1 saturated carbocycles. The van der Waals surface area contributed by atoms with E-state index in [0.717, 1.165) is 7.11 Å². The molecule has 3 N–H and O–H groups in total. The first kappa shape index (κ1) is 27.3. The molecule has 1 rings (SSSR count). The molecule has 0 radical (unpaired) electrons. The minimum absolute atomic E-state index is 0.117. The Labute approximate surface area is 187 Å². The Morgan fingerprint density at radius 1 is 1.16 bits per heavy atom. The van der Waals surface area contributed by atoms with E-state index in [1.54, 1.807) is 13.0 Å². The van der Waals surface area contributed by atoms with Gasteiger partial charge in [0.1, 0.15) is 12.7 Å². The van der Waals surface area contributed by atoms with Gasteiger partial charge in [-0.05, 0) is 23.5 Å². The minimum atomic E-state index is -1.31. The monoisotopic (exact) mass is 452 g/mol. The third-order valence-corrected chi connectivity index (χ3v) is 5.73. The zero-order chi connectivity index (χ0) is 24.6. The van der Waals surface area contributed by atoms with Crippen LogP contribution in [0.2, 0.25) is 0 Å². The van der Waals surface area contributed by atoms with Crippen molar-refractivity contribution in [1.82, 2.24) is 0 Å². The lowest BCUT2D eigenvalue weighted by molar-refractivity contribution is -0.161. The normalized spacial score (nSPS) is 27.8. The van der Waals surface area contributed by atoms with Gasteiger partial charge in [0.15, 0.2) is 0 Å². The molecule has 9 nitrogen and oxygen atoms in total. The SMILES string of the molecule is C=CC1(C)CC(OC(=O)/C(=C\COC(C)=O)CO)C(C(=C)C(=O)OC)C(O)C1C(=C)CO. The third kappa shape index (κ3) is 6.15. The molecule has 5 unspecified atom stereocenters. The Bertz CT molecular complexity index is 797. The van der Waals surface area contributed by atoms with Crippen molar-refractivity contribution in [3.8, 4) is 0 Å². The van der Waals surface area contributed by atoms with E-state index in [4.69, 9.17) is 14.2 Å². The first-order chi connectivity index (χ1) is 15.0. The Morgan fingerprint density at radius 2 is 1.78 bits per heavy atom. The van der Waals surface area contributed by atoms with Crippen molar-refractivity contribution in [2.45, 2.75) is 32.5 Å². The summed E-state index contributed by atoms with van der Waals surface area (Å²) in [6, 6.07) is 0. The molecule has 32 heavy (non-hydrogen) atoms. The Kier molecular flexibility index (Phi) is 10.0. The molecule has 0 spiro atoms. The van der Waals surface area contributed by atoms with Gasteiger partial charge >= 0.3 is 17.9 Å². The van der Waals surface area contributed by atoms with Gasteiger partial charge in [0.25, 0.3) is 0 Å². The fourth-order valence-electron chi connectivity index (χ4n) is 4.02. The molecular formula is C23H32O9. The van der Waals surface area contributed by atoms with Crippen LogP contribution in [0.4, 0.5) is 0 Å². The van der Waals surface area contributed by atoms with Crippen LogP contribution in [0, 0.1) is 17.3 Å². The van der Waals surface area contributed by atoms with E-state index in [0.29, 0.717) is 5.57 Å². The van der Waals surface area contributed by atoms with E-state index in [9.17, 15) is 29.7 Å². The van der Waals surface area contributed by atoms with Crippen molar-refractivity contribution < 1.29 is 43.9 Å². The highest BCUT2D eigenvalue weighted by atomic mass is 16.6. The topological polar surface area (TPSA) is 140 Å². The van der Waals surface area contributed by atoms with Gasteiger partial charge in [-0.1, -0.05) is 26.2 Å². The molecule has 1 aliphatic carbocycles. The van der Waals surface area contributed by atoms with Crippen LogP contribution in [0.15, 0.2) is 48.6 Å². The maximum absolute atomic E-state index is 12.7. The lowest BCUT2D eigenvalue weighted by Gasteiger charge is -2.50. The van der Waals surface area contributed by atoms with Gasteiger partial charge in [-0.25, -0.2) is 9.59 Å². The fraction of sp³-hybridized carbons (Fsp3) is 0.522. The number of carbonyl (C=O) groups is 3. The highest BCUT2D eigenvalue weighted by Gasteiger charge is 2.53. The molecule has 0 aliphatic heterocycles. The summed E-state index contributed by atoms with van der Waals surface area (Å²) in [5.74, 6) is -4.04. The van der Waals surface area contributed by atoms with Gasteiger partial charge in [-0.3, -0.25) is 4.79 Å². The quantitative estimate of drug-likeness (QED) is 0.190. The molecule has 0 heterocycles. The second kappa shape index (κ2) is 11.8. The highest BCUT2D eigenvalue weighted by molar-refractivity contribution is 5.90. The van der Waals surface area contributed by atoms with Gasteiger partial charge in [-0.15, -0.1) is 6.58 Å². The van der Waals surface area contributed by atoms with E-state index in [-0.39, 0.29) is 24.2 Å². The lowest BCUT2D eigenvalue weighted by atomic mass is 9.58. The van der Waals surface area contributed by atoms with Gasteiger partial charge < -0.3 is 29.5 Å². The summed E-state index contributed by atoms with van der Waals surface area (Å²) >= 11 is 0. The van der Waals surface area contributed by atoms with Crippen LogP contribution in [0.1, 0.15) is 20.3 Å². The maximum atomic E-state index is 12.7. The average Bonchev–Trinajstić information content (AvgIpc) is 2.75. The van der Waals surface area contributed by atoms with Gasteiger partial charge in [0, 0.05) is 18.4 Å². The van der Waals surface area contributed by atoms with Crippen LogP contribution in [-0.2, 0) is 28.6 Å². The zero-order valence-electron chi connectivity index (χ0n) is 18.7. The van der Waals surface area contributed by atoms with Gasteiger partial charge in [-0.2, -0.15) is 0 Å². The number of aliphatic hydroxyl groups is 3. The smallest absolute Gasteiger partial charge is 0.336 e. The molecule has 1 fully saturated rings. The summed E-state index contributed by atoms with van der Waals surface area (Å²) in [6.07, 6.45) is 0.545. The molecular weight excluding hydrogens is 420 g/mol. The summed E-state index contributed by atoms with van der Waals surface area (Å²) < 4.78 is 15.1. The van der Waals surface area contributed by atoms with Crippen LogP contribution < -0.4 is 0 Å². The number of esters is 3. The maximum Gasteiger partial charge on any atom is 0.336 e. The van der Waals surface area contributed by atoms with Gasteiger partial charge in [0.2, 0.25) is 0 Å². The van der Waals surface area contributed by atoms with Crippen molar-refractivity contribution in [2.75, 3.05) is 26.9 Å². The van der Waals surface area contributed by atoms with Crippen LogP contribution in [0.5, 0.6) is 0 Å². The number of hydrogen-bond acceptors (Lipinski definition) is 9. The van der Waals surface area contributed by atoms with Crippen LogP contribution in [-0.4, -0.2) is 72.4 Å². The van der Waals surface area contributed by atoms with E-state index >= 15 is 0 Å². The number of aliphatic hydroxyl groups excluding tert-OH is 3. The Hall–Kier alpha value is -2.75. The Balaban J connectivity index is 3.35. The molecule has 0 aromatic carbocycles. The molecule has 0 amide bonds. The molecule has 0 saturated heterocycles. The number of allylic oxidation sites excluding steroid dienone is 1. The summed E-state index contributed by atoms with van der Waals surface area (Å²) in [7, 11) is 1.16. The molecule has 5 atom stereocenters. The molecule has 0 bridgehead atoms. The molecule has 178 valence electrons. The predicted octanol–water partition coefficient (Wildman–Crippen LogP) is 0.847. The summed E-state index contributed by atoms with van der Waals surface area (Å²) in [6.45, 7) is 13.0. The average molecular weight is 453 g/mol. The summed E-state index contributed by atoms with van der Waals surface area (Å²) in [5, 5.41) is 30.4. The minimum Gasteiger partial charge on any atom is -0.466 e. The first-order valence-corrected chi connectivity index (χ1v) is 9.98. The van der Waals surface area contributed by atoms with Crippen molar-refractivity contribution in [3.63, 3.8) is 0 Å². The standard InChI is InChI=1S/C23H32O9/c1-7-23(5)10-17(32-22(29)16(12-25)8-9-31-15(4)26)18(14(3)21(28)30-6)20(27)19(23)13(2)11-24/h7-8,17-20,24-25,27H,1-3,9-12H2,4-6H3/b16-8-. The number of hydrogen-bond donors (Lipinski definition) is 3.